The van der Waals surface area contributed by atoms with Crippen molar-refractivity contribution in [2.24, 2.45) is 0 Å². The summed E-state index contributed by atoms with van der Waals surface area (Å²) in [6, 6.07) is 12.2. The normalized spacial score (nSPS) is 10.8. The molecule has 0 bridgehead atoms. The average Bonchev–Trinajstić information content (AvgIpc) is 2.95. The van der Waals surface area contributed by atoms with Gasteiger partial charge in [0, 0.05) is 30.9 Å². The van der Waals surface area contributed by atoms with Gasteiger partial charge < -0.3 is 14.5 Å². The molecule has 4 heteroatoms. The van der Waals surface area contributed by atoms with Crippen LogP contribution in [0.3, 0.4) is 0 Å². The summed E-state index contributed by atoms with van der Waals surface area (Å²) in [5.74, 6) is 0.907. The minimum absolute atomic E-state index is 0.767. The van der Waals surface area contributed by atoms with E-state index < -0.39 is 0 Å². The molecule has 0 unspecified atom stereocenters. The number of anilines is 1. The quantitative estimate of drug-likeness (QED) is 0.752. The van der Waals surface area contributed by atoms with Crippen molar-refractivity contribution < 1.29 is 4.74 Å². The predicted octanol–water partition coefficient (Wildman–Crippen LogP) is 3.76. The second-order valence-corrected chi connectivity index (χ2v) is 5.33. The smallest absolute Gasteiger partial charge is 0.137 e. The zero-order valence-electron chi connectivity index (χ0n) is 13.0. The van der Waals surface area contributed by atoms with Crippen LogP contribution in [0, 0.1) is 0 Å². The third-order valence-corrected chi connectivity index (χ3v) is 3.64. The fourth-order valence-corrected chi connectivity index (χ4v) is 2.55. The first-order valence-electron chi connectivity index (χ1n) is 7.63. The van der Waals surface area contributed by atoms with Crippen molar-refractivity contribution in [1.29, 1.82) is 0 Å². The molecular weight excluding hydrogens is 274 g/mol. The molecule has 114 valence electrons. The Bertz CT molecular complexity index is 764. The van der Waals surface area contributed by atoms with Gasteiger partial charge in [-0.1, -0.05) is 25.1 Å². The molecule has 0 aliphatic rings. The van der Waals surface area contributed by atoms with E-state index in [0.717, 1.165) is 47.7 Å². The van der Waals surface area contributed by atoms with Crippen LogP contribution in [0.2, 0.25) is 0 Å². The molecular formula is C18H21N3O. The first kappa shape index (κ1) is 14.4. The molecule has 0 amide bonds. The molecule has 0 fully saturated rings. The van der Waals surface area contributed by atoms with E-state index in [4.69, 9.17) is 4.74 Å². The number of aromatic nitrogens is 2. The van der Waals surface area contributed by atoms with Crippen LogP contribution in [0.4, 0.5) is 5.69 Å². The van der Waals surface area contributed by atoms with Crippen LogP contribution in [-0.2, 0) is 6.42 Å². The fourth-order valence-electron chi connectivity index (χ4n) is 2.55. The minimum Gasteiger partial charge on any atom is -0.496 e. The van der Waals surface area contributed by atoms with Gasteiger partial charge in [0.15, 0.2) is 0 Å². The number of fused-ring (bicyclic) bond motifs is 1. The van der Waals surface area contributed by atoms with Crippen LogP contribution in [0.25, 0.3) is 5.65 Å². The summed E-state index contributed by atoms with van der Waals surface area (Å²) in [5.41, 5.74) is 4.28. The molecule has 0 saturated heterocycles. The Morgan fingerprint density at radius 1 is 1.14 bits per heavy atom. The van der Waals surface area contributed by atoms with Crippen molar-refractivity contribution in [3.63, 3.8) is 0 Å². The van der Waals surface area contributed by atoms with E-state index in [1.54, 1.807) is 7.11 Å². The molecule has 3 aromatic rings. The summed E-state index contributed by atoms with van der Waals surface area (Å²) in [6.45, 7) is 3.14. The van der Waals surface area contributed by atoms with Gasteiger partial charge >= 0.3 is 0 Å². The molecule has 2 heterocycles. The number of pyridine rings is 1. The number of nitrogens with one attached hydrogen (secondary N) is 1. The molecule has 3 rings (SSSR count). The van der Waals surface area contributed by atoms with E-state index in [9.17, 15) is 0 Å². The molecule has 0 aliphatic carbocycles. The number of hydrogen-bond donors (Lipinski definition) is 1. The second-order valence-electron chi connectivity index (χ2n) is 5.33. The van der Waals surface area contributed by atoms with Gasteiger partial charge in [-0.3, -0.25) is 0 Å². The summed E-state index contributed by atoms with van der Waals surface area (Å²) >= 11 is 0. The maximum absolute atomic E-state index is 5.41. The van der Waals surface area contributed by atoms with E-state index in [1.807, 2.05) is 24.3 Å². The highest BCUT2D eigenvalue weighted by Gasteiger charge is 2.07. The Hall–Kier alpha value is -2.49. The third-order valence-electron chi connectivity index (χ3n) is 3.64. The van der Waals surface area contributed by atoms with Gasteiger partial charge in [0.25, 0.3) is 0 Å². The first-order chi connectivity index (χ1) is 10.8. The number of hydrogen-bond acceptors (Lipinski definition) is 3. The van der Waals surface area contributed by atoms with Gasteiger partial charge in [-0.2, -0.15) is 0 Å². The molecule has 1 aromatic carbocycles. The largest absolute Gasteiger partial charge is 0.496 e. The molecule has 0 spiro atoms. The standard InChI is InChI=1S/C18H21N3O/c1-3-10-19-15-8-9-18-20-16(13-21(18)12-15)11-14-6-4-5-7-17(14)22-2/h4-9,12-13,19H,3,10-11H2,1-2H3. The molecule has 4 nitrogen and oxygen atoms in total. The van der Waals surface area contributed by atoms with Crippen molar-refractivity contribution >= 4 is 11.3 Å². The molecule has 1 N–H and O–H groups in total. The summed E-state index contributed by atoms with van der Waals surface area (Å²) in [7, 11) is 1.70. The zero-order valence-corrected chi connectivity index (χ0v) is 13.0. The molecule has 0 radical (unpaired) electrons. The van der Waals surface area contributed by atoms with E-state index in [0.29, 0.717) is 0 Å². The lowest BCUT2D eigenvalue weighted by atomic mass is 10.1. The van der Waals surface area contributed by atoms with Gasteiger partial charge in [0.2, 0.25) is 0 Å². The topological polar surface area (TPSA) is 38.6 Å². The Morgan fingerprint density at radius 2 is 2.00 bits per heavy atom. The van der Waals surface area contributed by atoms with Crippen LogP contribution in [-0.4, -0.2) is 23.0 Å². The number of rotatable bonds is 6. The van der Waals surface area contributed by atoms with Gasteiger partial charge in [-0.25, -0.2) is 4.98 Å². The van der Waals surface area contributed by atoms with Crippen LogP contribution in [0.15, 0.2) is 48.8 Å². The predicted molar refractivity (Wildman–Crippen MR) is 89.8 cm³/mol. The molecule has 0 saturated carbocycles. The molecule has 22 heavy (non-hydrogen) atoms. The third kappa shape index (κ3) is 3.06. The molecule has 0 aliphatic heterocycles. The van der Waals surface area contributed by atoms with Crippen LogP contribution >= 0.6 is 0 Å². The number of benzene rings is 1. The van der Waals surface area contributed by atoms with Crippen LogP contribution in [0.5, 0.6) is 5.75 Å². The monoisotopic (exact) mass is 295 g/mol. The maximum Gasteiger partial charge on any atom is 0.137 e. The number of nitrogens with zero attached hydrogens (tertiary/aromatic N) is 2. The van der Waals surface area contributed by atoms with Gasteiger partial charge in [-0.05, 0) is 24.6 Å². The Kier molecular flexibility index (Phi) is 4.28. The zero-order chi connectivity index (χ0) is 15.4. The van der Waals surface area contributed by atoms with Crippen molar-refractivity contribution in [3.8, 4) is 5.75 Å². The maximum atomic E-state index is 5.41. The van der Waals surface area contributed by atoms with Crippen molar-refractivity contribution in [2.45, 2.75) is 19.8 Å². The average molecular weight is 295 g/mol. The summed E-state index contributed by atoms with van der Waals surface area (Å²) < 4.78 is 7.48. The SMILES string of the molecule is CCCNc1ccc2nc(Cc3ccccc3OC)cn2c1. The Morgan fingerprint density at radius 3 is 2.82 bits per heavy atom. The summed E-state index contributed by atoms with van der Waals surface area (Å²) in [4.78, 5) is 4.68. The van der Waals surface area contributed by atoms with Gasteiger partial charge in [0.1, 0.15) is 11.4 Å². The van der Waals surface area contributed by atoms with E-state index >= 15 is 0 Å². The highest BCUT2D eigenvalue weighted by atomic mass is 16.5. The fraction of sp³-hybridized carbons (Fsp3) is 0.278. The number of imidazole rings is 1. The second kappa shape index (κ2) is 6.52. The first-order valence-corrected chi connectivity index (χ1v) is 7.63. The molecule has 2 aromatic heterocycles. The van der Waals surface area contributed by atoms with Gasteiger partial charge in [0.05, 0.1) is 18.5 Å². The highest BCUT2D eigenvalue weighted by molar-refractivity contribution is 5.51. The van der Waals surface area contributed by atoms with E-state index in [2.05, 4.69) is 46.2 Å². The summed E-state index contributed by atoms with van der Waals surface area (Å²) in [6.07, 6.45) is 6.05. The lowest BCUT2D eigenvalue weighted by Crippen LogP contribution is -2.00. The number of ether oxygens (including phenoxy) is 1. The van der Waals surface area contributed by atoms with Crippen LogP contribution in [0.1, 0.15) is 24.6 Å². The van der Waals surface area contributed by atoms with Crippen molar-refractivity contribution in [3.05, 3.63) is 60.0 Å². The van der Waals surface area contributed by atoms with Crippen molar-refractivity contribution in [2.75, 3.05) is 19.0 Å². The lowest BCUT2D eigenvalue weighted by molar-refractivity contribution is 0.410. The van der Waals surface area contributed by atoms with Crippen molar-refractivity contribution in [1.82, 2.24) is 9.38 Å². The van der Waals surface area contributed by atoms with Crippen LogP contribution < -0.4 is 10.1 Å². The Balaban J connectivity index is 1.85. The Labute approximate surface area is 130 Å². The number of methoxy groups -OCH3 is 1. The lowest BCUT2D eigenvalue weighted by Gasteiger charge is -2.05. The van der Waals surface area contributed by atoms with Gasteiger partial charge in [-0.15, -0.1) is 0 Å². The molecule has 0 atom stereocenters. The summed E-state index contributed by atoms with van der Waals surface area (Å²) in [5, 5.41) is 3.40. The number of para-hydroxylation sites is 1. The highest BCUT2D eigenvalue weighted by Crippen LogP contribution is 2.21. The minimum atomic E-state index is 0.767. The van der Waals surface area contributed by atoms with E-state index in [1.165, 1.54) is 0 Å². The van der Waals surface area contributed by atoms with E-state index in [-0.39, 0.29) is 0 Å².